The molecular weight excluding hydrogens is 314 g/mol. The lowest BCUT2D eigenvalue weighted by Gasteiger charge is -2.33. The third kappa shape index (κ3) is 3.10. The van der Waals surface area contributed by atoms with Gasteiger partial charge in [0.1, 0.15) is 0 Å². The Labute approximate surface area is 131 Å². The second-order valence-corrected chi connectivity index (χ2v) is 7.91. The lowest BCUT2D eigenvalue weighted by Crippen LogP contribution is -2.37. The van der Waals surface area contributed by atoms with Crippen molar-refractivity contribution in [2.45, 2.75) is 58.3 Å². The molecule has 2 atom stereocenters. The molecule has 2 rings (SSSR count). The number of rotatable bonds is 3. The summed E-state index contributed by atoms with van der Waals surface area (Å²) in [6.07, 6.45) is 1.07. The lowest BCUT2D eigenvalue weighted by molar-refractivity contribution is -0.0776. The van der Waals surface area contributed by atoms with Gasteiger partial charge in [-0.15, -0.1) is 0 Å². The summed E-state index contributed by atoms with van der Waals surface area (Å²) in [5, 5.41) is 3.51. The van der Waals surface area contributed by atoms with Crippen LogP contribution in [0.15, 0.2) is 22.7 Å². The first kappa shape index (κ1) is 16.0. The van der Waals surface area contributed by atoms with E-state index in [2.05, 4.69) is 74.1 Å². The maximum Gasteiger partial charge on any atom is 0.0681 e. The van der Waals surface area contributed by atoms with E-state index in [1.165, 1.54) is 15.6 Å². The maximum absolute atomic E-state index is 6.26. The van der Waals surface area contributed by atoms with Gasteiger partial charge in [-0.3, -0.25) is 0 Å². The first-order valence-electron chi connectivity index (χ1n) is 7.30. The fourth-order valence-electron chi connectivity index (χ4n) is 3.59. The molecule has 3 heteroatoms. The Balaban J connectivity index is 2.35. The predicted octanol–water partition coefficient (Wildman–Crippen LogP) is 4.61. The van der Waals surface area contributed by atoms with E-state index in [0.29, 0.717) is 12.0 Å². The smallest absolute Gasteiger partial charge is 0.0681 e. The van der Waals surface area contributed by atoms with E-state index < -0.39 is 0 Å². The number of nitrogens with one attached hydrogen (secondary N) is 1. The third-order valence-corrected chi connectivity index (χ3v) is 5.29. The highest BCUT2D eigenvalue weighted by Gasteiger charge is 2.49. The molecule has 0 amide bonds. The molecule has 0 bridgehead atoms. The normalized spacial score (nSPS) is 25.6. The van der Waals surface area contributed by atoms with Crippen molar-refractivity contribution >= 4 is 15.9 Å². The minimum Gasteiger partial charge on any atom is -0.369 e. The van der Waals surface area contributed by atoms with Gasteiger partial charge in [0.15, 0.2) is 0 Å². The number of ether oxygens (including phenoxy) is 1. The van der Waals surface area contributed by atoms with Crippen molar-refractivity contribution in [2.75, 3.05) is 7.05 Å². The van der Waals surface area contributed by atoms with Crippen LogP contribution in [0.5, 0.6) is 0 Å². The Kier molecular flexibility index (Phi) is 4.35. The molecular formula is C17H26BrNO. The molecule has 2 nitrogen and oxygen atoms in total. The second-order valence-electron chi connectivity index (χ2n) is 7.05. The number of halogens is 1. The molecule has 20 heavy (non-hydrogen) atoms. The standard InChI is InChI=1S/C17H26BrNO/c1-11-9-12(7-8-14(11)18)15(19-6)13-10-16(2,3)20-17(13,4)5/h7-9,13,15,19H,10H2,1-6H3. The molecule has 1 aliphatic rings. The zero-order valence-electron chi connectivity index (χ0n) is 13.4. The van der Waals surface area contributed by atoms with Gasteiger partial charge in [0, 0.05) is 16.4 Å². The molecule has 1 N–H and O–H groups in total. The van der Waals surface area contributed by atoms with Gasteiger partial charge in [0.2, 0.25) is 0 Å². The fourth-order valence-corrected chi connectivity index (χ4v) is 3.83. The minimum absolute atomic E-state index is 0.0479. The molecule has 0 spiro atoms. The highest BCUT2D eigenvalue weighted by atomic mass is 79.9. The quantitative estimate of drug-likeness (QED) is 0.867. The monoisotopic (exact) mass is 339 g/mol. The zero-order chi connectivity index (χ0) is 15.1. The number of benzene rings is 1. The molecule has 112 valence electrons. The van der Waals surface area contributed by atoms with Gasteiger partial charge >= 0.3 is 0 Å². The molecule has 1 heterocycles. The Morgan fingerprint density at radius 1 is 1.30 bits per heavy atom. The van der Waals surface area contributed by atoms with E-state index in [-0.39, 0.29) is 11.2 Å². The SMILES string of the molecule is CNC(c1ccc(Br)c(C)c1)C1CC(C)(C)OC1(C)C. The highest BCUT2D eigenvalue weighted by Crippen LogP contribution is 2.47. The zero-order valence-corrected chi connectivity index (χ0v) is 15.0. The van der Waals surface area contributed by atoms with Gasteiger partial charge in [-0.2, -0.15) is 0 Å². The first-order chi connectivity index (χ1) is 9.16. The van der Waals surface area contributed by atoms with Gasteiger partial charge in [0.05, 0.1) is 11.2 Å². The first-order valence-corrected chi connectivity index (χ1v) is 8.09. The van der Waals surface area contributed by atoms with Gasteiger partial charge in [0.25, 0.3) is 0 Å². The van der Waals surface area contributed by atoms with Crippen molar-refractivity contribution in [3.63, 3.8) is 0 Å². The predicted molar refractivity (Wildman–Crippen MR) is 88.0 cm³/mol. The van der Waals surface area contributed by atoms with Crippen LogP contribution in [0.25, 0.3) is 0 Å². The van der Waals surface area contributed by atoms with Crippen LogP contribution in [0.4, 0.5) is 0 Å². The van der Waals surface area contributed by atoms with E-state index in [0.717, 1.165) is 6.42 Å². The van der Waals surface area contributed by atoms with E-state index >= 15 is 0 Å². The van der Waals surface area contributed by atoms with Crippen LogP contribution in [-0.4, -0.2) is 18.2 Å². The van der Waals surface area contributed by atoms with Gasteiger partial charge in [-0.25, -0.2) is 0 Å². The Morgan fingerprint density at radius 3 is 2.40 bits per heavy atom. The van der Waals surface area contributed by atoms with Crippen LogP contribution in [0.1, 0.15) is 51.3 Å². The van der Waals surface area contributed by atoms with E-state index in [9.17, 15) is 0 Å². The molecule has 0 radical (unpaired) electrons. The van der Waals surface area contributed by atoms with Crippen molar-refractivity contribution < 1.29 is 4.74 Å². The molecule has 0 saturated carbocycles. The molecule has 1 aromatic rings. The summed E-state index contributed by atoms with van der Waals surface area (Å²) < 4.78 is 7.42. The molecule has 2 unspecified atom stereocenters. The fraction of sp³-hybridized carbons (Fsp3) is 0.647. The van der Waals surface area contributed by atoms with Crippen molar-refractivity contribution in [3.8, 4) is 0 Å². The van der Waals surface area contributed by atoms with Crippen molar-refractivity contribution in [1.29, 1.82) is 0 Å². The van der Waals surface area contributed by atoms with Crippen molar-refractivity contribution in [1.82, 2.24) is 5.32 Å². The largest absolute Gasteiger partial charge is 0.369 e. The summed E-state index contributed by atoms with van der Waals surface area (Å²) in [4.78, 5) is 0. The molecule has 1 saturated heterocycles. The average Bonchev–Trinajstić information content (AvgIpc) is 2.53. The van der Waals surface area contributed by atoms with Crippen LogP contribution < -0.4 is 5.32 Å². The summed E-state index contributed by atoms with van der Waals surface area (Å²) in [6, 6.07) is 6.94. The second kappa shape index (κ2) is 5.43. The van der Waals surface area contributed by atoms with Gasteiger partial charge in [-0.1, -0.05) is 28.1 Å². The van der Waals surface area contributed by atoms with E-state index in [4.69, 9.17) is 4.74 Å². The summed E-state index contributed by atoms with van der Waals surface area (Å²) in [5.41, 5.74) is 2.46. The third-order valence-electron chi connectivity index (χ3n) is 4.40. The van der Waals surface area contributed by atoms with Crippen LogP contribution >= 0.6 is 15.9 Å². The van der Waals surface area contributed by atoms with Crippen LogP contribution in [0, 0.1) is 12.8 Å². The average molecular weight is 340 g/mol. The Morgan fingerprint density at radius 2 is 1.95 bits per heavy atom. The topological polar surface area (TPSA) is 21.3 Å². The summed E-state index contributed by atoms with van der Waals surface area (Å²) in [6.45, 7) is 10.9. The summed E-state index contributed by atoms with van der Waals surface area (Å²) in [5.74, 6) is 0.461. The maximum atomic E-state index is 6.26. The molecule has 0 aromatic heterocycles. The van der Waals surface area contributed by atoms with E-state index in [1.807, 2.05) is 7.05 Å². The minimum atomic E-state index is -0.113. The summed E-state index contributed by atoms with van der Waals surface area (Å²) in [7, 11) is 2.05. The highest BCUT2D eigenvalue weighted by molar-refractivity contribution is 9.10. The van der Waals surface area contributed by atoms with Gasteiger partial charge < -0.3 is 10.1 Å². The van der Waals surface area contributed by atoms with Crippen LogP contribution in [-0.2, 0) is 4.74 Å². The number of hydrogen-bond donors (Lipinski definition) is 1. The lowest BCUT2D eigenvalue weighted by atomic mass is 9.79. The Bertz CT molecular complexity index is 496. The summed E-state index contributed by atoms with van der Waals surface area (Å²) >= 11 is 3.58. The Hall–Kier alpha value is -0.380. The molecule has 1 aromatic carbocycles. The van der Waals surface area contributed by atoms with Crippen molar-refractivity contribution in [2.24, 2.45) is 5.92 Å². The van der Waals surface area contributed by atoms with E-state index in [1.54, 1.807) is 0 Å². The molecule has 1 fully saturated rings. The molecule has 0 aliphatic carbocycles. The van der Waals surface area contributed by atoms with Gasteiger partial charge in [-0.05, 0) is 65.3 Å². The number of hydrogen-bond acceptors (Lipinski definition) is 2. The van der Waals surface area contributed by atoms with Crippen LogP contribution in [0.3, 0.4) is 0 Å². The number of aryl methyl sites for hydroxylation is 1. The van der Waals surface area contributed by atoms with Crippen LogP contribution in [0.2, 0.25) is 0 Å². The van der Waals surface area contributed by atoms with Crippen molar-refractivity contribution in [3.05, 3.63) is 33.8 Å². The molecule has 1 aliphatic heterocycles.